The highest BCUT2D eigenvalue weighted by Gasteiger charge is 2.20. The molecule has 0 unspecified atom stereocenters. The summed E-state index contributed by atoms with van der Waals surface area (Å²) >= 11 is 0. The second kappa shape index (κ2) is 7.25. The Morgan fingerprint density at radius 2 is 1.95 bits per heavy atom. The van der Waals surface area contributed by atoms with Gasteiger partial charge in [0.25, 0.3) is 0 Å². The largest absolute Gasteiger partial charge is 0.481 e. The zero-order valence-corrected chi connectivity index (χ0v) is 12.1. The van der Waals surface area contributed by atoms with Crippen molar-refractivity contribution < 1.29 is 14.7 Å². The van der Waals surface area contributed by atoms with Gasteiger partial charge in [0.1, 0.15) is 0 Å². The van der Waals surface area contributed by atoms with E-state index in [9.17, 15) is 9.59 Å². The summed E-state index contributed by atoms with van der Waals surface area (Å²) in [4.78, 5) is 22.3. The van der Waals surface area contributed by atoms with Crippen molar-refractivity contribution in [2.75, 3.05) is 0 Å². The Balaban J connectivity index is 2.57. The van der Waals surface area contributed by atoms with Crippen LogP contribution in [0.1, 0.15) is 37.8 Å². The third-order valence-electron chi connectivity index (χ3n) is 2.89. The second-order valence-corrected chi connectivity index (χ2v) is 5.33. The molecule has 1 aromatic rings. The number of hydrogen-bond donors (Lipinski definition) is 2. The molecule has 1 aromatic carbocycles. The van der Waals surface area contributed by atoms with Crippen LogP contribution in [0.5, 0.6) is 0 Å². The molecule has 1 rings (SSSR count). The molecular weight excluding hydrogens is 268 g/mol. The van der Waals surface area contributed by atoms with Gasteiger partial charge in [0.15, 0.2) is 0 Å². The van der Waals surface area contributed by atoms with Crippen LogP contribution in [-0.4, -0.2) is 22.5 Å². The molecule has 5 nitrogen and oxygen atoms in total. The van der Waals surface area contributed by atoms with Gasteiger partial charge in [-0.05, 0) is 44.0 Å². The fourth-order valence-electron chi connectivity index (χ4n) is 1.70. The predicted molar refractivity (Wildman–Crippen MR) is 79.3 cm³/mol. The summed E-state index contributed by atoms with van der Waals surface area (Å²) in [5, 5.41) is 20.1. The standard InChI is InChI=1S/C16H18N2O3/c1-16(2,10-9-15(20)21)18-14(19)8-7-12-3-5-13(11-17)6-4-12/h3-8H,9-10H2,1-2H3,(H,18,19)(H,20,21). The lowest BCUT2D eigenvalue weighted by atomic mass is 9.98. The van der Waals surface area contributed by atoms with Gasteiger partial charge in [-0.3, -0.25) is 9.59 Å². The van der Waals surface area contributed by atoms with Crippen molar-refractivity contribution >= 4 is 18.0 Å². The number of carboxylic acids is 1. The summed E-state index contributed by atoms with van der Waals surface area (Å²) in [6.07, 6.45) is 3.40. The Kier molecular flexibility index (Phi) is 5.67. The SMILES string of the molecule is CC(C)(CCC(=O)O)NC(=O)C=Cc1ccc(C#N)cc1. The molecular formula is C16H18N2O3. The van der Waals surface area contributed by atoms with Gasteiger partial charge in [-0.25, -0.2) is 0 Å². The number of hydrogen-bond acceptors (Lipinski definition) is 3. The maximum absolute atomic E-state index is 11.8. The van der Waals surface area contributed by atoms with Crippen LogP contribution >= 0.6 is 0 Å². The fourth-order valence-corrected chi connectivity index (χ4v) is 1.70. The molecule has 0 aromatic heterocycles. The maximum atomic E-state index is 11.8. The third kappa shape index (κ3) is 6.39. The zero-order chi connectivity index (χ0) is 15.9. The van der Waals surface area contributed by atoms with Gasteiger partial charge >= 0.3 is 5.97 Å². The number of nitrogens with one attached hydrogen (secondary N) is 1. The number of benzene rings is 1. The van der Waals surface area contributed by atoms with Crippen LogP contribution in [0.25, 0.3) is 6.08 Å². The van der Waals surface area contributed by atoms with Crippen molar-refractivity contribution in [3.05, 3.63) is 41.5 Å². The minimum absolute atomic E-state index is 0.00656. The molecule has 5 heteroatoms. The lowest BCUT2D eigenvalue weighted by molar-refractivity contribution is -0.137. The first-order valence-corrected chi connectivity index (χ1v) is 6.54. The van der Waals surface area contributed by atoms with Gasteiger partial charge in [-0.2, -0.15) is 5.26 Å². The first-order chi connectivity index (χ1) is 9.82. The second-order valence-electron chi connectivity index (χ2n) is 5.33. The summed E-state index contributed by atoms with van der Waals surface area (Å²) in [7, 11) is 0. The summed E-state index contributed by atoms with van der Waals surface area (Å²) in [6, 6.07) is 8.87. The number of carbonyl (C=O) groups is 2. The van der Waals surface area contributed by atoms with E-state index in [1.807, 2.05) is 6.07 Å². The van der Waals surface area contributed by atoms with Crippen LogP contribution in [0, 0.1) is 11.3 Å². The van der Waals surface area contributed by atoms with Crippen LogP contribution in [0.2, 0.25) is 0 Å². The van der Waals surface area contributed by atoms with Crippen molar-refractivity contribution in [2.45, 2.75) is 32.2 Å². The fraction of sp³-hybridized carbons (Fsp3) is 0.312. The highest BCUT2D eigenvalue weighted by Crippen LogP contribution is 2.11. The number of aliphatic carboxylic acids is 1. The van der Waals surface area contributed by atoms with Gasteiger partial charge in [-0.15, -0.1) is 0 Å². The van der Waals surface area contributed by atoms with E-state index in [-0.39, 0.29) is 12.3 Å². The minimum Gasteiger partial charge on any atom is -0.481 e. The minimum atomic E-state index is -0.884. The Labute approximate surface area is 123 Å². The molecule has 110 valence electrons. The molecule has 21 heavy (non-hydrogen) atoms. The van der Waals surface area contributed by atoms with E-state index in [0.717, 1.165) is 5.56 Å². The highest BCUT2D eigenvalue weighted by molar-refractivity contribution is 5.92. The van der Waals surface area contributed by atoms with Crippen LogP contribution in [0.4, 0.5) is 0 Å². The third-order valence-corrected chi connectivity index (χ3v) is 2.89. The molecule has 2 N–H and O–H groups in total. The molecule has 0 heterocycles. The number of amides is 1. The molecule has 0 fully saturated rings. The molecule has 0 aliphatic rings. The highest BCUT2D eigenvalue weighted by atomic mass is 16.4. The van der Waals surface area contributed by atoms with Gasteiger partial charge in [-0.1, -0.05) is 12.1 Å². The smallest absolute Gasteiger partial charge is 0.303 e. The zero-order valence-electron chi connectivity index (χ0n) is 12.1. The van der Waals surface area contributed by atoms with Gasteiger partial charge < -0.3 is 10.4 Å². The molecule has 0 aliphatic heterocycles. The van der Waals surface area contributed by atoms with E-state index in [0.29, 0.717) is 12.0 Å². The summed E-state index contributed by atoms with van der Waals surface area (Å²) in [5.74, 6) is -1.17. The Morgan fingerprint density at radius 1 is 1.33 bits per heavy atom. The quantitative estimate of drug-likeness (QED) is 0.785. The topological polar surface area (TPSA) is 90.2 Å². The normalized spacial score (nSPS) is 11.1. The molecule has 0 aliphatic carbocycles. The molecule has 0 saturated carbocycles. The van der Waals surface area contributed by atoms with Gasteiger partial charge in [0, 0.05) is 18.0 Å². The molecule has 0 atom stereocenters. The Bertz CT molecular complexity index is 581. The molecule has 1 amide bonds. The van der Waals surface area contributed by atoms with Crippen LogP contribution in [0.15, 0.2) is 30.3 Å². The van der Waals surface area contributed by atoms with Crippen molar-refractivity contribution in [1.82, 2.24) is 5.32 Å². The molecule has 0 spiro atoms. The molecule has 0 radical (unpaired) electrons. The van der Waals surface area contributed by atoms with Crippen molar-refractivity contribution in [2.24, 2.45) is 0 Å². The lowest BCUT2D eigenvalue weighted by Gasteiger charge is -2.24. The number of carbonyl (C=O) groups excluding carboxylic acids is 1. The van der Waals surface area contributed by atoms with Crippen molar-refractivity contribution in [3.8, 4) is 6.07 Å². The first kappa shape index (κ1) is 16.4. The Morgan fingerprint density at radius 3 is 2.48 bits per heavy atom. The number of rotatable bonds is 6. The van der Waals surface area contributed by atoms with E-state index in [1.54, 1.807) is 44.2 Å². The number of nitrogens with zero attached hydrogens (tertiary/aromatic N) is 1. The van der Waals surface area contributed by atoms with E-state index in [2.05, 4.69) is 5.32 Å². The van der Waals surface area contributed by atoms with E-state index in [1.165, 1.54) is 6.08 Å². The average Bonchev–Trinajstić information content (AvgIpc) is 2.43. The number of nitriles is 1. The molecule has 0 saturated heterocycles. The average molecular weight is 286 g/mol. The van der Waals surface area contributed by atoms with E-state index in [4.69, 9.17) is 10.4 Å². The Hall–Kier alpha value is -2.61. The number of carboxylic acid groups (broad SMARTS) is 1. The summed E-state index contributed by atoms with van der Waals surface area (Å²) < 4.78 is 0. The predicted octanol–water partition coefficient (Wildman–Crippen LogP) is 2.33. The van der Waals surface area contributed by atoms with Gasteiger partial charge in [0.2, 0.25) is 5.91 Å². The monoisotopic (exact) mass is 286 g/mol. The van der Waals surface area contributed by atoms with Crippen LogP contribution in [-0.2, 0) is 9.59 Å². The van der Waals surface area contributed by atoms with Crippen LogP contribution in [0.3, 0.4) is 0 Å². The lowest BCUT2D eigenvalue weighted by Crippen LogP contribution is -2.42. The summed E-state index contributed by atoms with van der Waals surface area (Å²) in [5.41, 5.74) is 0.795. The van der Waals surface area contributed by atoms with Gasteiger partial charge in [0.05, 0.1) is 11.6 Å². The van der Waals surface area contributed by atoms with E-state index >= 15 is 0 Å². The van der Waals surface area contributed by atoms with E-state index < -0.39 is 11.5 Å². The first-order valence-electron chi connectivity index (χ1n) is 6.54. The van der Waals surface area contributed by atoms with Crippen LogP contribution < -0.4 is 5.32 Å². The summed E-state index contributed by atoms with van der Waals surface area (Å²) in [6.45, 7) is 3.56. The van der Waals surface area contributed by atoms with Crippen molar-refractivity contribution in [3.63, 3.8) is 0 Å². The maximum Gasteiger partial charge on any atom is 0.303 e. The van der Waals surface area contributed by atoms with Crippen molar-refractivity contribution in [1.29, 1.82) is 5.26 Å². The molecule has 0 bridgehead atoms.